The summed E-state index contributed by atoms with van der Waals surface area (Å²) in [5, 5.41) is 5.73. The molecule has 8 nitrogen and oxygen atoms in total. The molecule has 3 aliphatic heterocycles. The predicted octanol–water partition coefficient (Wildman–Crippen LogP) is 1.94. The van der Waals surface area contributed by atoms with Crippen LogP contribution in [0.25, 0.3) is 0 Å². The number of urea groups is 1. The third-order valence-electron chi connectivity index (χ3n) is 5.83. The van der Waals surface area contributed by atoms with Gasteiger partial charge >= 0.3 is 12.0 Å². The molecule has 2 saturated heterocycles. The van der Waals surface area contributed by atoms with Crippen molar-refractivity contribution >= 4 is 12.0 Å². The molecule has 3 heterocycles. The maximum absolute atomic E-state index is 12.8. The number of rotatable bonds is 6. The van der Waals surface area contributed by atoms with Crippen molar-refractivity contribution in [2.24, 2.45) is 5.92 Å². The summed E-state index contributed by atoms with van der Waals surface area (Å²) in [7, 11) is 0. The summed E-state index contributed by atoms with van der Waals surface area (Å²) in [6.45, 7) is 5.59. The molecule has 4 rings (SSSR count). The van der Waals surface area contributed by atoms with Gasteiger partial charge in [0.25, 0.3) is 0 Å². The molecule has 0 aliphatic carbocycles. The van der Waals surface area contributed by atoms with E-state index in [1.54, 1.807) is 6.92 Å². The molecule has 30 heavy (non-hydrogen) atoms. The molecule has 1 unspecified atom stereocenters. The van der Waals surface area contributed by atoms with Crippen molar-refractivity contribution in [3.8, 4) is 0 Å². The van der Waals surface area contributed by atoms with Crippen LogP contribution in [-0.2, 0) is 19.0 Å². The zero-order valence-electron chi connectivity index (χ0n) is 17.3. The molecule has 2 fully saturated rings. The van der Waals surface area contributed by atoms with E-state index in [0.717, 1.165) is 31.5 Å². The van der Waals surface area contributed by atoms with Gasteiger partial charge in [-0.15, -0.1) is 0 Å². The number of carbonyl (C=O) groups is 2. The Kier molecular flexibility index (Phi) is 6.66. The average molecular weight is 415 g/mol. The number of nitrogens with one attached hydrogen (secondary N) is 2. The molecule has 0 radical (unpaired) electrons. The fraction of sp³-hybridized carbons (Fsp3) is 0.545. The van der Waals surface area contributed by atoms with Crippen molar-refractivity contribution in [2.75, 3.05) is 39.5 Å². The van der Waals surface area contributed by atoms with Gasteiger partial charge in [0.2, 0.25) is 0 Å². The summed E-state index contributed by atoms with van der Waals surface area (Å²) in [6.07, 6.45) is 1.82. The SMILES string of the molecule is CCOC(=O)C1=C(CN2CCC(C3OCCO3)CC2)NC(=O)NC1c1ccccc1. The standard InChI is InChI=1S/C22H29N3O5/c1-2-28-20(26)18-17(23-22(27)24-19(18)15-6-4-3-5-7-15)14-25-10-8-16(9-11-25)21-29-12-13-30-21/h3-7,16,19,21H,2,8-14H2,1H3,(H2,23,24,27). The highest BCUT2D eigenvalue weighted by atomic mass is 16.7. The van der Waals surface area contributed by atoms with Crippen LogP contribution in [0.15, 0.2) is 41.6 Å². The van der Waals surface area contributed by atoms with E-state index in [-0.39, 0.29) is 18.9 Å². The van der Waals surface area contributed by atoms with Crippen molar-refractivity contribution in [1.29, 1.82) is 0 Å². The van der Waals surface area contributed by atoms with Gasteiger partial charge in [0.1, 0.15) is 0 Å². The molecular weight excluding hydrogens is 386 g/mol. The number of ether oxygens (including phenoxy) is 3. The molecule has 1 aromatic carbocycles. The highest BCUT2D eigenvalue weighted by Crippen LogP contribution is 2.30. The third kappa shape index (κ3) is 4.66. The van der Waals surface area contributed by atoms with Crippen LogP contribution in [-0.4, -0.2) is 62.6 Å². The van der Waals surface area contributed by atoms with Crippen molar-refractivity contribution in [1.82, 2.24) is 15.5 Å². The molecule has 1 atom stereocenters. The van der Waals surface area contributed by atoms with Gasteiger partial charge in [-0.25, -0.2) is 9.59 Å². The molecule has 0 bridgehead atoms. The summed E-state index contributed by atoms with van der Waals surface area (Å²) >= 11 is 0. The molecular formula is C22H29N3O5. The van der Waals surface area contributed by atoms with Crippen molar-refractivity contribution in [3.05, 3.63) is 47.2 Å². The second kappa shape index (κ2) is 9.59. The molecule has 3 aliphatic rings. The molecule has 0 aromatic heterocycles. The molecule has 2 N–H and O–H groups in total. The number of nitrogens with zero attached hydrogens (tertiary/aromatic N) is 1. The van der Waals surface area contributed by atoms with Gasteiger partial charge in [-0.2, -0.15) is 0 Å². The number of piperidine rings is 1. The molecule has 162 valence electrons. The van der Waals surface area contributed by atoms with E-state index in [0.29, 0.717) is 36.9 Å². The number of benzene rings is 1. The quantitative estimate of drug-likeness (QED) is 0.691. The van der Waals surface area contributed by atoms with Gasteiger partial charge in [-0.1, -0.05) is 30.3 Å². The predicted molar refractivity (Wildman–Crippen MR) is 109 cm³/mol. The van der Waals surface area contributed by atoms with Gasteiger partial charge in [-0.05, 0) is 38.4 Å². The van der Waals surface area contributed by atoms with Gasteiger partial charge in [0.15, 0.2) is 6.29 Å². The van der Waals surface area contributed by atoms with Crippen LogP contribution in [0.4, 0.5) is 4.79 Å². The van der Waals surface area contributed by atoms with Gasteiger partial charge in [-0.3, -0.25) is 4.90 Å². The fourth-order valence-electron chi connectivity index (χ4n) is 4.34. The first-order valence-corrected chi connectivity index (χ1v) is 10.6. The largest absolute Gasteiger partial charge is 0.463 e. The number of esters is 1. The van der Waals surface area contributed by atoms with E-state index in [9.17, 15) is 9.59 Å². The Labute approximate surface area is 176 Å². The summed E-state index contributed by atoms with van der Waals surface area (Å²) in [5.74, 6) is -0.0153. The van der Waals surface area contributed by atoms with Crippen LogP contribution < -0.4 is 10.6 Å². The zero-order valence-corrected chi connectivity index (χ0v) is 17.3. The Bertz CT molecular complexity index is 783. The number of carbonyl (C=O) groups excluding carboxylic acids is 2. The summed E-state index contributed by atoms with van der Waals surface area (Å²) in [5.41, 5.74) is 1.92. The lowest BCUT2D eigenvalue weighted by Crippen LogP contribution is -2.49. The Balaban J connectivity index is 1.53. The summed E-state index contributed by atoms with van der Waals surface area (Å²) < 4.78 is 16.6. The minimum absolute atomic E-state index is 0.0949. The summed E-state index contributed by atoms with van der Waals surface area (Å²) in [6, 6.07) is 8.65. The van der Waals surface area contributed by atoms with E-state index in [1.165, 1.54) is 0 Å². The second-order valence-corrected chi connectivity index (χ2v) is 7.78. The lowest BCUT2D eigenvalue weighted by molar-refractivity contribution is -0.139. The first-order chi connectivity index (χ1) is 14.7. The Morgan fingerprint density at radius 2 is 1.87 bits per heavy atom. The number of amides is 2. The number of hydrogen-bond donors (Lipinski definition) is 2. The van der Waals surface area contributed by atoms with Crippen LogP contribution in [0, 0.1) is 5.92 Å². The van der Waals surface area contributed by atoms with Gasteiger partial charge in [0, 0.05) is 18.2 Å². The highest BCUT2D eigenvalue weighted by Gasteiger charge is 2.35. The maximum atomic E-state index is 12.8. The molecule has 2 amide bonds. The van der Waals surface area contributed by atoms with Gasteiger partial charge < -0.3 is 24.8 Å². The van der Waals surface area contributed by atoms with E-state index < -0.39 is 12.0 Å². The lowest BCUT2D eigenvalue weighted by Gasteiger charge is -2.36. The van der Waals surface area contributed by atoms with E-state index in [2.05, 4.69) is 15.5 Å². The van der Waals surface area contributed by atoms with Crippen molar-refractivity contribution < 1.29 is 23.8 Å². The minimum atomic E-state index is -0.535. The van der Waals surface area contributed by atoms with Crippen LogP contribution in [0.2, 0.25) is 0 Å². The highest BCUT2D eigenvalue weighted by molar-refractivity contribution is 5.95. The number of likely N-dealkylation sites (tertiary alicyclic amines) is 1. The summed E-state index contributed by atoms with van der Waals surface area (Å²) in [4.78, 5) is 27.5. The first-order valence-electron chi connectivity index (χ1n) is 10.6. The molecule has 1 aromatic rings. The van der Waals surface area contributed by atoms with E-state index in [4.69, 9.17) is 14.2 Å². The van der Waals surface area contributed by atoms with Crippen LogP contribution in [0.5, 0.6) is 0 Å². The molecule has 0 saturated carbocycles. The third-order valence-corrected chi connectivity index (χ3v) is 5.83. The number of hydrogen-bond acceptors (Lipinski definition) is 6. The van der Waals surface area contributed by atoms with Crippen molar-refractivity contribution in [3.63, 3.8) is 0 Å². The van der Waals surface area contributed by atoms with E-state index >= 15 is 0 Å². The Hall–Kier alpha value is -2.42. The minimum Gasteiger partial charge on any atom is -0.463 e. The molecule has 8 heteroatoms. The van der Waals surface area contributed by atoms with Crippen LogP contribution >= 0.6 is 0 Å². The Morgan fingerprint density at radius 3 is 2.53 bits per heavy atom. The smallest absolute Gasteiger partial charge is 0.338 e. The first kappa shape index (κ1) is 20.8. The normalized spacial score (nSPS) is 23.9. The van der Waals surface area contributed by atoms with Crippen LogP contribution in [0.3, 0.4) is 0 Å². The average Bonchev–Trinajstić information content (AvgIpc) is 3.29. The lowest BCUT2D eigenvalue weighted by atomic mass is 9.93. The van der Waals surface area contributed by atoms with Gasteiger partial charge in [0.05, 0.1) is 31.4 Å². The zero-order chi connectivity index (χ0) is 20.9. The maximum Gasteiger partial charge on any atom is 0.338 e. The monoisotopic (exact) mass is 415 g/mol. The second-order valence-electron chi connectivity index (χ2n) is 7.78. The van der Waals surface area contributed by atoms with Crippen molar-refractivity contribution in [2.45, 2.75) is 32.1 Å². The van der Waals surface area contributed by atoms with E-state index in [1.807, 2.05) is 30.3 Å². The fourth-order valence-corrected chi connectivity index (χ4v) is 4.34. The van der Waals surface area contributed by atoms with Crippen LogP contribution in [0.1, 0.15) is 31.4 Å². The Morgan fingerprint density at radius 1 is 1.17 bits per heavy atom. The molecule has 0 spiro atoms. The topological polar surface area (TPSA) is 89.1 Å².